The normalized spacial score (nSPS) is 10.5. The quantitative estimate of drug-likeness (QED) is 0.815. The maximum absolute atomic E-state index is 10.7. The van der Waals surface area contributed by atoms with Gasteiger partial charge in [-0.15, -0.1) is 0 Å². The molecule has 0 bridgehead atoms. The van der Waals surface area contributed by atoms with E-state index in [1.165, 1.54) is 4.52 Å². The number of aromatic nitrogens is 3. The highest BCUT2D eigenvalue weighted by molar-refractivity contribution is 9.10. The monoisotopic (exact) mass is 241 g/mol. The van der Waals surface area contributed by atoms with E-state index in [2.05, 4.69) is 26.0 Å². The predicted octanol–water partition coefficient (Wildman–Crippen LogP) is 1.19. The lowest BCUT2D eigenvalue weighted by atomic mass is 10.4. The first-order valence-electron chi connectivity index (χ1n) is 3.41. The molecule has 5 nitrogen and oxygen atoms in total. The third-order valence-electron chi connectivity index (χ3n) is 1.54. The van der Waals surface area contributed by atoms with Crippen molar-refractivity contribution in [2.75, 3.05) is 0 Å². The van der Waals surface area contributed by atoms with E-state index in [0.717, 1.165) is 0 Å². The molecule has 13 heavy (non-hydrogen) atoms. The lowest BCUT2D eigenvalue weighted by molar-refractivity contribution is 0.0689. The summed E-state index contributed by atoms with van der Waals surface area (Å²) in [7, 11) is 0. The van der Waals surface area contributed by atoms with Crippen molar-refractivity contribution >= 4 is 27.5 Å². The Morgan fingerprint density at radius 1 is 1.62 bits per heavy atom. The molecule has 0 aliphatic rings. The molecule has 66 valence electrons. The van der Waals surface area contributed by atoms with Gasteiger partial charge in [0.1, 0.15) is 0 Å². The first-order chi connectivity index (χ1) is 6.18. The Bertz CT molecular complexity index is 480. The van der Waals surface area contributed by atoms with Crippen LogP contribution in [0.3, 0.4) is 0 Å². The molecular formula is C7H4BrN3O2. The molecule has 0 aliphatic carbocycles. The summed E-state index contributed by atoms with van der Waals surface area (Å²) in [6, 6.07) is 1.64. The van der Waals surface area contributed by atoms with Gasteiger partial charge < -0.3 is 5.11 Å². The molecule has 6 heteroatoms. The number of carboxylic acid groups (broad SMARTS) is 1. The first-order valence-corrected chi connectivity index (χ1v) is 4.21. The molecule has 0 fully saturated rings. The van der Waals surface area contributed by atoms with Crippen molar-refractivity contribution in [3.63, 3.8) is 0 Å². The van der Waals surface area contributed by atoms with E-state index in [1.54, 1.807) is 18.5 Å². The second-order valence-electron chi connectivity index (χ2n) is 2.38. The van der Waals surface area contributed by atoms with Crippen molar-refractivity contribution in [1.29, 1.82) is 0 Å². The number of aromatic carboxylic acids is 1. The van der Waals surface area contributed by atoms with Crippen molar-refractivity contribution in [3.8, 4) is 0 Å². The largest absolute Gasteiger partial charge is 0.476 e. The third-order valence-corrected chi connectivity index (χ3v) is 2.12. The highest BCUT2D eigenvalue weighted by Crippen LogP contribution is 2.14. The Balaban J connectivity index is 2.76. The Morgan fingerprint density at radius 2 is 2.38 bits per heavy atom. The van der Waals surface area contributed by atoms with Gasteiger partial charge in [0.05, 0.1) is 10.7 Å². The van der Waals surface area contributed by atoms with Gasteiger partial charge >= 0.3 is 5.97 Å². The summed E-state index contributed by atoms with van der Waals surface area (Å²) < 4.78 is 1.91. The first kappa shape index (κ1) is 8.18. The molecule has 0 saturated carbocycles. The molecule has 0 aliphatic heterocycles. The van der Waals surface area contributed by atoms with Crippen LogP contribution in [0.15, 0.2) is 22.9 Å². The van der Waals surface area contributed by atoms with Crippen molar-refractivity contribution in [2.45, 2.75) is 0 Å². The topological polar surface area (TPSA) is 67.5 Å². The highest BCUT2D eigenvalue weighted by atomic mass is 79.9. The Kier molecular flexibility index (Phi) is 1.77. The lowest BCUT2D eigenvalue weighted by Gasteiger charge is -1.98. The third kappa shape index (κ3) is 1.29. The fourth-order valence-electron chi connectivity index (χ4n) is 0.982. The zero-order valence-corrected chi connectivity index (χ0v) is 7.89. The molecule has 2 rings (SSSR count). The van der Waals surface area contributed by atoms with Gasteiger partial charge in [-0.1, -0.05) is 0 Å². The summed E-state index contributed by atoms with van der Waals surface area (Å²) in [5, 5.41) is 12.7. The molecule has 0 amide bonds. The van der Waals surface area contributed by atoms with E-state index in [4.69, 9.17) is 5.11 Å². The molecule has 1 N–H and O–H groups in total. The molecule has 0 unspecified atom stereocenters. The zero-order valence-electron chi connectivity index (χ0n) is 6.31. The standard InChI is InChI=1S/C7H4BrN3O2/c8-4-3-11-5(1-2-9-11)10-6(4)7(12)13/h1-3H,(H,12,13). The number of halogens is 1. The summed E-state index contributed by atoms with van der Waals surface area (Å²) in [4.78, 5) is 14.6. The maximum atomic E-state index is 10.7. The summed E-state index contributed by atoms with van der Waals surface area (Å²) in [5.41, 5.74) is 0.508. The molecule has 0 radical (unpaired) electrons. The van der Waals surface area contributed by atoms with Crippen LogP contribution in [0, 0.1) is 0 Å². The van der Waals surface area contributed by atoms with Crippen LogP contribution in [-0.2, 0) is 0 Å². The van der Waals surface area contributed by atoms with Crippen LogP contribution in [0.2, 0.25) is 0 Å². The SMILES string of the molecule is O=C(O)c1nc2ccnn2cc1Br. The molecule has 0 saturated heterocycles. The smallest absolute Gasteiger partial charge is 0.355 e. The number of hydrogen-bond donors (Lipinski definition) is 1. The van der Waals surface area contributed by atoms with Crippen molar-refractivity contribution in [2.24, 2.45) is 0 Å². The predicted molar refractivity (Wildman–Crippen MR) is 47.6 cm³/mol. The van der Waals surface area contributed by atoms with E-state index in [9.17, 15) is 4.79 Å². The number of carboxylic acids is 1. The molecule has 2 heterocycles. The van der Waals surface area contributed by atoms with Crippen LogP contribution in [0.1, 0.15) is 10.5 Å². The van der Waals surface area contributed by atoms with E-state index < -0.39 is 5.97 Å². The van der Waals surface area contributed by atoms with Crippen molar-refractivity contribution in [1.82, 2.24) is 14.6 Å². The highest BCUT2D eigenvalue weighted by Gasteiger charge is 2.11. The maximum Gasteiger partial charge on any atom is 0.355 e. The number of carbonyl (C=O) groups is 1. The summed E-state index contributed by atoms with van der Waals surface area (Å²) in [5.74, 6) is -1.06. The number of rotatable bonds is 1. The number of nitrogens with zero attached hydrogens (tertiary/aromatic N) is 3. The van der Waals surface area contributed by atoms with Crippen LogP contribution < -0.4 is 0 Å². The number of hydrogen-bond acceptors (Lipinski definition) is 3. The minimum absolute atomic E-state index is 0.00648. The Morgan fingerprint density at radius 3 is 3.08 bits per heavy atom. The van der Waals surface area contributed by atoms with Crippen molar-refractivity contribution < 1.29 is 9.90 Å². The minimum Gasteiger partial charge on any atom is -0.476 e. The summed E-state index contributed by atoms with van der Waals surface area (Å²) in [6.45, 7) is 0. The van der Waals surface area contributed by atoms with Crippen LogP contribution in [0.5, 0.6) is 0 Å². The minimum atomic E-state index is -1.06. The van der Waals surface area contributed by atoms with E-state index in [-0.39, 0.29) is 5.69 Å². The van der Waals surface area contributed by atoms with Crippen LogP contribution in [0.25, 0.3) is 5.65 Å². The molecule has 0 atom stereocenters. The van der Waals surface area contributed by atoms with Crippen molar-refractivity contribution in [3.05, 3.63) is 28.6 Å². The van der Waals surface area contributed by atoms with Gasteiger partial charge in [-0.2, -0.15) is 5.10 Å². The molecular weight excluding hydrogens is 238 g/mol. The second kappa shape index (κ2) is 2.81. The van der Waals surface area contributed by atoms with Gasteiger partial charge in [0, 0.05) is 12.3 Å². The Hall–Kier alpha value is -1.43. The summed E-state index contributed by atoms with van der Waals surface area (Å²) in [6.07, 6.45) is 3.12. The molecule has 0 aromatic carbocycles. The molecule has 2 aromatic rings. The second-order valence-corrected chi connectivity index (χ2v) is 3.23. The van der Waals surface area contributed by atoms with E-state index in [0.29, 0.717) is 10.1 Å². The average molecular weight is 242 g/mol. The van der Waals surface area contributed by atoms with Gasteiger partial charge in [0.15, 0.2) is 11.3 Å². The fraction of sp³-hybridized carbons (Fsp3) is 0. The summed E-state index contributed by atoms with van der Waals surface area (Å²) >= 11 is 3.10. The fourth-order valence-corrected chi connectivity index (χ4v) is 1.43. The van der Waals surface area contributed by atoms with Crippen LogP contribution in [-0.4, -0.2) is 25.7 Å². The van der Waals surface area contributed by atoms with Gasteiger partial charge in [-0.25, -0.2) is 14.3 Å². The van der Waals surface area contributed by atoms with E-state index >= 15 is 0 Å². The van der Waals surface area contributed by atoms with Crippen LogP contribution >= 0.6 is 15.9 Å². The van der Waals surface area contributed by atoms with Crippen LogP contribution in [0.4, 0.5) is 0 Å². The van der Waals surface area contributed by atoms with Gasteiger partial charge in [-0.3, -0.25) is 0 Å². The Labute approximate surface area is 81.1 Å². The molecule has 0 spiro atoms. The average Bonchev–Trinajstić information content (AvgIpc) is 2.48. The van der Waals surface area contributed by atoms with Gasteiger partial charge in [0.2, 0.25) is 0 Å². The number of fused-ring (bicyclic) bond motifs is 1. The van der Waals surface area contributed by atoms with E-state index in [1.807, 2.05) is 0 Å². The lowest BCUT2D eigenvalue weighted by Crippen LogP contribution is -2.04. The van der Waals surface area contributed by atoms with Gasteiger partial charge in [-0.05, 0) is 15.9 Å². The zero-order chi connectivity index (χ0) is 9.42. The molecule has 2 aromatic heterocycles. The van der Waals surface area contributed by atoms with Gasteiger partial charge in [0.25, 0.3) is 0 Å².